The van der Waals surface area contributed by atoms with Gasteiger partial charge < -0.3 is 15.0 Å². The van der Waals surface area contributed by atoms with Crippen LogP contribution in [-0.4, -0.2) is 23.0 Å². The number of benzene rings is 1. The van der Waals surface area contributed by atoms with Crippen LogP contribution in [0.3, 0.4) is 0 Å². The summed E-state index contributed by atoms with van der Waals surface area (Å²) in [6.07, 6.45) is 3.91. The smallest absolute Gasteiger partial charge is 0.261 e. The van der Waals surface area contributed by atoms with E-state index in [1.165, 1.54) is 0 Å². The molecule has 1 fully saturated rings. The molecule has 1 amide bonds. The molecule has 3 rings (SSSR count). The van der Waals surface area contributed by atoms with Crippen LogP contribution in [0.15, 0.2) is 41.2 Å². The summed E-state index contributed by atoms with van der Waals surface area (Å²) < 4.78 is 6.10. The third kappa shape index (κ3) is 4.41. The number of aryl methyl sites for hydroxylation is 2. The van der Waals surface area contributed by atoms with Crippen LogP contribution < -0.4 is 10.9 Å². The van der Waals surface area contributed by atoms with Gasteiger partial charge in [0.25, 0.3) is 11.5 Å². The molecule has 1 aliphatic carbocycles. The molecule has 5 nitrogen and oxygen atoms in total. The Morgan fingerprint density at radius 2 is 1.92 bits per heavy atom. The standard InChI is InChI=1S/C21H26N2O3/c1-14-12-15(2)22-20(24)19(14)21(25)23-17-10-6-7-11-18(17)26-13-16-8-4-3-5-9-16/h3-5,8-9,12,17-18H,6-7,10-11,13H2,1-2H3,(H,22,24)(H,23,25)/t17-,18-/m1/s1. The zero-order valence-corrected chi connectivity index (χ0v) is 15.4. The predicted molar refractivity (Wildman–Crippen MR) is 101 cm³/mol. The van der Waals surface area contributed by atoms with Gasteiger partial charge in [0.05, 0.1) is 18.8 Å². The molecule has 0 aliphatic heterocycles. The lowest BCUT2D eigenvalue weighted by Gasteiger charge is -2.32. The topological polar surface area (TPSA) is 71.2 Å². The van der Waals surface area contributed by atoms with Crippen molar-refractivity contribution in [1.29, 1.82) is 0 Å². The Morgan fingerprint density at radius 1 is 1.19 bits per heavy atom. The van der Waals surface area contributed by atoms with E-state index < -0.39 is 0 Å². The Labute approximate surface area is 153 Å². The lowest BCUT2D eigenvalue weighted by Crippen LogP contribution is -2.47. The third-order valence-electron chi connectivity index (χ3n) is 4.92. The normalized spacial score (nSPS) is 19.9. The fraction of sp³-hybridized carbons (Fsp3) is 0.429. The maximum atomic E-state index is 12.7. The third-order valence-corrected chi connectivity index (χ3v) is 4.92. The van der Waals surface area contributed by atoms with Gasteiger partial charge in [-0.05, 0) is 43.9 Å². The van der Waals surface area contributed by atoms with E-state index in [0.717, 1.165) is 36.9 Å². The number of carbonyl (C=O) groups is 1. The Morgan fingerprint density at radius 3 is 2.65 bits per heavy atom. The van der Waals surface area contributed by atoms with E-state index in [0.29, 0.717) is 12.2 Å². The number of amides is 1. The SMILES string of the molecule is Cc1cc(C)c(C(=O)N[C@@H]2CCCC[C@H]2OCc2ccccc2)c(=O)[nH]1. The highest BCUT2D eigenvalue weighted by Gasteiger charge is 2.28. The van der Waals surface area contributed by atoms with Gasteiger partial charge in [0.2, 0.25) is 0 Å². The number of ether oxygens (including phenoxy) is 1. The highest BCUT2D eigenvalue weighted by molar-refractivity contribution is 5.95. The summed E-state index contributed by atoms with van der Waals surface area (Å²) in [7, 11) is 0. The van der Waals surface area contributed by atoms with Gasteiger partial charge in [-0.1, -0.05) is 43.2 Å². The maximum absolute atomic E-state index is 12.7. The first kappa shape index (κ1) is 18.4. The van der Waals surface area contributed by atoms with Crippen LogP contribution in [0.2, 0.25) is 0 Å². The van der Waals surface area contributed by atoms with Crippen LogP contribution >= 0.6 is 0 Å². The second-order valence-corrected chi connectivity index (χ2v) is 7.04. The van der Waals surface area contributed by atoms with Gasteiger partial charge in [-0.25, -0.2) is 0 Å². The highest BCUT2D eigenvalue weighted by Crippen LogP contribution is 2.23. The minimum absolute atomic E-state index is 0.0299. The second kappa shape index (κ2) is 8.32. The molecule has 1 saturated carbocycles. The largest absolute Gasteiger partial charge is 0.371 e. The summed E-state index contributed by atoms with van der Waals surface area (Å²) in [5.41, 5.74) is 2.43. The fourth-order valence-electron chi connectivity index (χ4n) is 3.62. The van der Waals surface area contributed by atoms with Gasteiger partial charge in [-0.3, -0.25) is 9.59 Å². The van der Waals surface area contributed by atoms with Gasteiger partial charge in [-0.15, -0.1) is 0 Å². The summed E-state index contributed by atoms with van der Waals surface area (Å²) in [4.78, 5) is 27.6. The summed E-state index contributed by atoms with van der Waals surface area (Å²) in [5, 5.41) is 3.04. The van der Waals surface area contributed by atoms with Crippen LogP contribution in [0.1, 0.15) is 52.9 Å². The maximum Gasteiger partial charge on any atom is 0.261 e. The van der Waals surface area contributed by atoms with Crippen LogP contribution in [0.25, 0.3) is 0 Å². The molecule has 0 saturated heterocycles. The van der Waals surface area contributed by atoms with E-state index in [1.54, 1.807) is 6.92 Å². The number of nitrogens with one attached hydrogen (secondary N) is 2. The van der Waals surface area contributed by atoms with Crippen molar-refractivity contribution in [3.05, 3.63) is 69.1 Å². The molecule has 2 atom stereocenters. The van der Waals surface area contributed by atoms with Crippen molar-refractivity contribution in [2.24, 2.45) is 0 Å². The van der Waals surface area contributed by atoms with E-state index in [4.69, 9.17) is 4.74 Å². The lowest BCUT2D eigenvalue weighted by atomic mass is 9.92. The molecule has 0 radical (unpaired) electrons. The number of rotatable bonds is 5. The van der Waals surface area contributed by atoms with Crippen LogP contribution in [0.4, 0.5) is 0 Å². The van der Waals surface area contributed by atoms with Gasteiger partial charge in [-0.2, -0.15) is 0 Å². The van der Waals surface area contributed by atoms with E-state index in [-0.39, 0.29) is 29.2 Å². The van der Waals surface area contributed by atoms with Crippen molar-refractivity contribution in [3.63, 3.8) is 0 Å². The van der Waals surface area contributed by atoms with Crippen molar-refractivity contribution in [2.45, 2.75) is 58.3 Å². The zero-order valence-electron chi connectivity index (χ0n) is 15.4. The molecular weight excluding hydrogens is 328 g/mol. The van der Waals surface area contributed by atoms with Gasteiger partial charge in [0, 0.05) is 5.69 Å². The van der Waals surface area contributed by atoms with E-state index >= 15 is 0 Å². The average molecular weight is 354 g/mol. The molecule has 1 aromatic heterocycles. The fourth-order valence-corrected chi connectivity index (χ4v) is 3.62. The Hall–Kier alpha value is -2.40. The molecule has 2 aromatic rings. The Balaban J connectivity index is 1.68. The van der Waals surface area contributed by atoms with E-state index in [2.05, 4.69) is 10.3 Å². The Bertz CT molecular complexity index is 814. The van der Waals surface area contributed by atoms with Crippen LogP contribution in [-0.2, 0) is 11.3 Å². The molecule has 0 bridgehead atoms. The lowest BCUT2D eigenvalue weighted by molar-refractivity contribution is -0.00463. The number of aromatic nitrogens is 1. The van der Waals surface area contributed by atoms with Crippen molar-refractivity contribution >= 4 is 5.91 Å². The number of aromatic amines is 1. The summed E-state index contributed by atoms with van der Waals surface area (Å²) in [6.45, 7) is 4.13. The monoisotopic (exact) mass is 354 g/mol. The summed E-state index contributed by atoms with van der Waals surface area (Å²) in [6, 6.07) is 11.8. The number of hydrogen-bond donors (Lipinski definition) is 2. The zero-order chi connectivity index (χ0) is 18.5. The number of pyridine rings is 1. The second-order valence-electron chi connectivity index (χ2n) is 7.04. The molecule has 0 spiro atoms. The molecule has 1 aliphatic rings. The molecule has 1 heterocycles. The molecule has 138 valence electrons. The minimum atomic E-state index is -0.336. The molecule has 5 heteroatoms. The Kier molecular flexibility index (Phi) is 5.89. The van der Waals surface area contributed by atoms with Crippen molar-refractivity contribution in [3.8, 4) is 0 Å². The van der Waals surface area contributed by atoms with Gasteiger partial charge >= 0.3 is 0 Å². The highest BCUT2D eigenvalue weighted by atomic mass is 16.5. The predicted octanol–water partition coefficient (Wildman–Crippen LogP) is 3.25. The minimum Gasteiger partial charge on any atom is -0.371 e. The molecule has 26 heavy (non-hydrogen) atoms. The molecule has 2 N–H and O–H groups in total. The van der Waals surface area contributed by atoms with E-state index in [1.807, 2.05) is 43.3 Å². The van der Waals surface area contributed by atoms with Crippen molar-refractivity contribution in [1.82, 2.24) is 10.3 Å². The molecule has 1 aromatic carbocycles. The summed E-state index contributed by atoms with van der Waals surface area (Å²) in [5.74, 6) is -0.316. The van der Waals surface area contributed by atoms with E-state index in [9.17, 15) is 9.59 Å². The van der Waals surface area contributed by atoms with Crippen molar-refractivity contribution in [2.75, 3.05) is 0 Å². The quantitative estimate of drug-likeness (QED) is 0.866. The first-order chi connectivity index (χ1) is 12.5. The number of hydrogen-bond acceptors (Lipinski definition) is 3. The van der Waals surface area contributed by atoms with Crippen LogP contribution in [0, 0.1) is 13.8 Å². The average Bonchev–Trinajstić information content (AvgIpc) is 2.61. The van der Waals surface area contributed by atoms with Crippen LogP contribution in [0.5, 0.6) is 0 Å². The number of H-pyrrole nitrogens is 1. The first-order valence-corrected chi connectivity index (χ1v) is 9.21. The summed E-state index contributed by atoms with van der Waals surface area (Å²) >= 11 is 0. The van der Waals surface area contributed by atoms with Crippen molar-refractivity contribution < 1.29 is 9.53 Å². The molecular formula is C21H26N2O3. The van der Waals surface area contributed by atoms with Gasteiger partial charge in [0.15, 0.2) is 0 Å². The first-order valence-electron chi connectivity index (χ1n) is 9.21. The van der Waals surface area contributed by atoms with Gasteiger partial charge in [0.1, 0.15) is 5.56 Å². The molecule has 0 unspecified atom stereocenters. The number of carbonyl (C=O) groups excluding carboxylic acids is 1.